The summed E-state index contributed by atoms with van der Waals surface area (Å²) in [5, 5.41) is 21.9. The molecule has 0 saturated carbocycles. The van der Waals surface area contributed by atoms with Crippen molar-refractivity contribution in [3.63, 3.8) is 0 Å². The molecular formula is C23H27N3O5. The molecule has 8 heteroatoms. The van der Waals surface area contributed by atoms with Crippen molar-refractivity contribution in [2.45, 2.75) is 45.5 Å². The lowest BCUT2D eigenvalue weighted by atomic mass is 9.90. The Balaban J connectivity index is 1.95. The maximum absolute atomic E-state index is 13.4. The first-order valence-corrected chi connectivity index (χ1v) is 10.1. The zero-order valence-electron chi connectivity index (χ0n) is 18.1. The minimum absolute atomic E-state index is 0.0522. The van der Waals surface area contributed by atoms with Gasteiger partial charge < -0.3 is 14.9 Å². The molecule has 2 amide bonds. The van der Waals surface area contributed by atoms with Crippen molar-refractivity contribution in [2.75, 3.05) is 7.05 Å². The van der Waals surface area contributed by atoms with Gasteiger partial charge in [0.1, 0.15) is 12.2 Å². The van der Waals surface area contributed by atoms with Gasteiger partial charge in [0, 0.05) is 36.6 Å². The second-order valence-corrected chi connectivity index (χ2v) is 8.91. The van der Waals surface area contributed by atoms with Gasteiger partial charge in [0.15, 0.2) is 0 Å². The van der Waals surface area contributed by atoms with Crippen LogP contribution in [0.15, 0.2) is 54.6 Å². The standard InChI is InChI=1S/C23H27N3O5/c1-23(2,3)22-24(4)21(29)19(25(22)20(28)16-8-6-5-7-9-16)18(27)14-15-10-12-17(13-11-15)26(30)31/h5-13,18-19,22,27H,14H2,1-4H3/t18-,19-,22+/m0/s1. The normalized spacial score (nSPS) is 20.1. The molecule has 1 N–H and O–H groups in total. The number of nitrogens with zero attached hydrogens (tertiary/aromatic N) is 3. The summed E-state index contributed by atoms with van der Waals surface area (Å²) in [5.74, 6) is -0.662. The number of benzene rings is 2. The number of hydrogen-bond acceptors (Lipinski definition) is 5. The molecule has 1 saturated heterocycles. The van der Waals surface area contributed by atoms with E-state index in [1.54, 1.807) is 49.5 Å². The molecule has 31 heavy (non-hydrogen) atoms. The number of aliphatic hydroxyl groups excluding tert-OH is 1. The van der Waals surface area contributed by atoms with Gasteiger partial charge in [0.2, 0.25) is 5.91 Å². The number of carbonyl (C=O) groups is 2. The number of nitro groups is 1. The highest BCUT2D eigenvalue weighted by Crippen LogP contribution is 2.36. The number of hydrogen-bond donors (Lipinski definition) is 1. The van der Waals surface area contributed by atoms with E-state index in [2.05, 4.69) is 0 Å². The fraction of sp³-hybridized carbons (Fsp3) is 0.391. The van der Waals surface area contributed by atoms with Crippen molar-refractivity contribution >= 4 is 17.5 Å². The Hall–Kier alpha value is -3.26. The Morgan fingerprint density at radius 1 is 1.13 bits per heavy atom. The van der Waals surface area contributed by atoms with Gasteiger partial charge in [-0.3, -0.25) is 19.7 Å². The maximum atomic E-state index is 13.4. The molecule has 0 aromatic heterocycles. The van der Waals surface area contributed by atoms with Gasteiger partial charge in [-0.1, -0.05) is 51.1 Å². The molecule has 8 nitrogen and oxygen atoms in total. The second-order valence-electron chi connectivity index (χ2n) is 8.91. The Labute approximate surface area is 181 Å². The second kappa shape index (κ2) is 8.47. The summed E-state index contributed by atoms with van der Waals surface area (Å²) in [4.78, 5) is 40.0. The lowest BCUT2D eigenvalue weighted by molar-refractivity contribution is -0.384. The Bertz CT molecular complexity index is 969. The lowest BCUT2D eigenvalue weighted by Gasteiger charge is -2.39. The van der Waals surface area contributed by atoms with Gasteiger partial charge in [-0.25, -0.2) is 0 Å². The first-order chi connectivity index (χ1) is 14.5. The molecule has 3 rings (SSSR count). The molecule has 0 aliphatic carbocycles. The van der Waals surface area contributed by atoms with Crippen molar-refractivity contribution in [1.82, 2.24) is 9.80 Å². The van der Waals surface area contributed by atoms with E-state index in [4.69, 9.17) is 0 Å². The molecule has 164 valence electrons. The zero-order chi connectivity index (χ0) is 22.9. The molecule has 1 fully saturated rings. The fourth-order valence-corrected chi connectivity index (χ4v) is 4.21. The topological polar surface area (TPSA) is 104 Å². The van der Waals surface area contributed by atoms with Crippen molar-refractivity contribution in [3.8, 4) is 0 Å². The Morgan fingerprint density at radius 2 is 1.71 bits per heavy atom. The van der Waals surface area contributed by atoms with Crippen LogP contribution in [0.25, 0.3) is 0 Å². The number of nitro benzene ring substituents is 1. The van der Waals surface area contributed by atoms with Crippen LogP contribution in [0.4, 0.5) is 5.69 Å². The van der Waals surface area contributed by atoms with E-state index in [1.807, 2.05) is 20.8 Å². The molecule has 0 spiro atoms. The fourth-order valence-electron chi connectivity index (χ4n) is 4.21. The highest BCUT2D eigenvalue weighted by Gasteiger charge is 2.53. The Morgan fingerprint density at radius 3 is 2.23 bits per heavy atom. The molecule has 3 atom stereocenters. The SMILES string of the molecule is CN1C(=O)[C@H]([C@@H](O)Cc2ccc([N+](=O)[O-])cc2)N(C(=O)c2ccccc2)[C@@H]1C(C)(C)C. The molecular weight excluding hydrogens is 398 g/mol. The summed E-state index contributed by atoms with van der Waals surface area (Å²) < 4.78 is 0. The van der Waals surface area contributed by atoms with Crippen LogP contribution in [0.1, 0.15) is 36.7 Å². The van der Waals surface area contributed by atoms with Gasteiger partial charge in [-0.15, -0.1) is 0 Å². The summed E-state index contributed by atoms with van der Waals surface area (Å²) in [6, 6.07) is 13.4. The minimum atomic E-state index is -1.17. The highest BCUT2D eigenvalue weighted by atomic mass is 16.6. The minimum Gasteiger partial charge on any atom is -0.390 e. The van der Waals surface area contributed by atoms with Crippen LogP contribution in [-0.4, -0.2) is 57.0 Å². The number of likely N-dealkylation sites (N-methyl/N-ethyl adjacent to an activating group) is 1. The van der Waals surface area contributed by atoms with Crippen LogP contribution in [0.5, 0.6) is 0 Å². The monoisotopic (exact) mass is 425 g/mol. The first-order valence-electron chi connectivity index (χ1n) is 10.1. The van der Waals surface area contributed by atoms with Crippen molar-refractivity contribution in [2.24, 2.45) is 5.41 Å². The molecule has 1 aliphatic heterocycles. The van der Waals surface area contributed by atoms with Gasteiger partial charge in [0.05, 0.1) is 11.0 Å². The van der Waals surface area contributed by atoms with Gasteiger partial charge in [-0.05, 0) is 17.7 Å². The van der Waals surface area contributed by atoms with Crippen molar-refractivity contribution < 1.29 is 19.6 Å². The highest BCUT2D eigenvalue weighted by molar-refractivity contribution is 6.00. The van der Waals surface area contributed by atoms with E-state index in [1.165, 1.54) is 21.9 Å². The quantitative estimate of drug-likeness (QED) is 0.586. The van der Waals surface area contributed by atoms with E-state index >= 15 is 0 Å². The van der Waals surface area contributed by atoms with E-state index in [-0.39, 0.29) is 23.9 Å². The van der Waals surface area contributed by atoms with Crippen LogP contribution in [-0.2, 0) is 11.2 Å². The van der Waals surface area contributed by atoms with Crippen LogP contribution in [0, 0.1) is 15.5 Å². The molecule has 0 unspecified atom stereocenters. The average molecular weight is 425 g/mol. The number of rotatable bonds is 5. The van der Waals surface area contributed by atoms with Crippen LogP contribution < -0.4 is 0 Å². The van der Waals surface area contributed by atoms with Crippen LogP contribution >= 0.6 is 0 Å². The summed E-state index contributed by atoms with van der Waals surface area (Å²) >= 11 is 0. The molecule has 1 heterocycles. The smallest absolute Gasteiger partial charge is 0.269 e. The molecule has 2 aromatic carbocycles. The predicted octanol–water partition coefficient (Wildman–Crippen LogP) is 2.85. The maximum Gasteiger partial charge on any atom is 0.269 e. The van der Waals surface area contributed by atoms with E-state index < -0.39 is 28.6 Å². The summed E-state index contributed by atoms with van der Waals surface area (Å²) in [5.41, 5.74) is 0.576. The van der Waals surface area contributed by atoms with Crippen LogP contribution in [0.2, 0.25) is 0 Å². The van der Waals surface area contributed by atoms with Gasteiger partial charge in [0.25, 0.3) is 11.6 Å². The lowest BCUT2D eigenvalue weighted by Crippen LogP contribution is -2.53. The summed E-state index contributed by atoms with van der Waals surface area (Å²) in [6.45, 7) is 5.83. The van der Waals surface area contributed by atoms with Crippen molar-refractivity contribution in [1.29, 1.82) is 0 Å². The third-order valence-electron chi connectivity index (χ3n) is 5.52. The predicted molar refractivity (Wildman–Crippen MR) is 115 cm³/mol. The summed E-state index contributed by atoms with van der Waals surface area (Å²) in [6.07, 6.45) is -1.63. The van der Waals surface area contributed by atoms with Gasteiger partial charge in [-0.2, -0.15) is 0 Å². The third kappa shape index (κ3) is 4.44. The number of amides is 2. The zero-order valence-corrected chi connectivity index (χ0v) is 18.1. The van der Waals surface area contributed by atoms with E-state index in [0.717, 1.165) is 0 Å². The van der Waals surface area contributed by atoms with Gasteiger partial charge >= 0.3 is 0 Å². The molecule has 0 radical (unpaired) electrons. The third-order valence-corrected chi connectivity index (χ3v) is 5.52. The average Bonchev–Trinajstić information content (AvgIpc) is 2.99. The number of non-ortho nitro benzene ring substituents is 1. The molecule has 2 aromatic rings. The molecule has 0 bridgehead atoms. The first kappa shape index (κ1) is 22.4. The largest absolute Gasteiger partial charge is 0.390 e. The molecule has 1 aliphatic rings. The number of aliphatic hydroxyl groups is 1. The van der Waals surface area contributed by atoms with Crippen LogP contribution in [0.3, 0.4) is 0 Å². The summed E-state index contributed by atoms with van der Waals surface area (Å²) in [7, 11) is 1.64. The van der Waals surface area contributed by atoms with Crippen molar-refractivity contribution in [3.05, 3.63) is 75.8 Å². The Kier molecular flexibility index (Phi) is 6.13. The van der Waals surface area contributed by atoms with E-state index in [9.17, 15) is 24.8 Å². The van der Waals surface area contributed by atoms with E-state index in [0.29, 0.717) is 11.1 Å². The number of carbonyl (C=O) groups excluding carboxylic acids is 2.